The average molecular weight is 328 g/mol. The Morgan fingerprint density at radius 1 is 1.25 bits per heavy atom. The van der Waals surface area contributed by atoms with E-state index >= 15 is 0 Å². The van der Waals surface area contributed by atoms with E-state index in [1.165, 1.54) is 5.56 Å². The third-order valence-corrected chi connectivity index (χ3v) is 4.40. The van der Waals surface area contributed by atoms with Crippen LogP contribution in [0.25, 0.3) is 0 Å². The van der Waals surface area contributed by atoms with Crippen LogP contribution >= 0.6 is 0 Å². The number of carbonyl (C=O) groups is 1. The van der Waals surface area contributed by atoms with E-state index in [0.29, 0.717) is 5.56 Å². The van der Waals surface area contributed by atoms with Crippen LogP contribution in [-0.2, 0) is 13.1 Å². The SMILES string of the molecule is CCn1cc(C(=O)N2CCN(Cc3cccc(OC)c3)CC2)cn1. The summed E-state index contributed by atoms with van der Waals surface area (Å²) < 4.78 is 7.06. The monoisotopic (exact) mass is 328 g/mol. The molecule has 6 nitrogen and oxygen atoms in total. The summed E-state index contributed by atoms with van der Waals surface area (Å²) in [5.74, 6) is 0.963. The maximum absolute atomic E-state index is 12.5. The van der Waals surface area contributed by atoms with Gasteiger partial charge in [-0.05, 0) is 24.6 Å². The van der Waals surface area contributed by atoms with Crippen LogP contribution in [0.2, 0.25) is 0 Å². The molecule has 24 heavy (non-hydrogen) atoms. The second-order valence-corrected chi connectivity index (χ2v) is 6.00. The van der Waals surface area contributed by atoms with E-state index in [-0.39, 0.29) is 5.91 Å². The number of hydrogen-bond donors (Lipinski definition) is 0. The fourth-order valence-electron chi connectivity index (χ4n) is 2.97. The van der Waals surface area contributed by atoms with Crippen LogP contribution in [0.4, 0.5) is 0 Å². The van der Waals surface area contributed by atoms with Crippen molar-refractivity contribution in [3.8, 4) is 5.75 Å². The van der Waals surface area contributed by atoms with Crippen molar-refractivity contribution in [2.45, 2.75) is 20.0 Å². The van der Waals surface area contributed by atoms with E-state index in [2.05, 4.69) is 22.1 Å². The highest BCUT2D eigenvalue weighted by molar-refractivity contribution is 5.93. The predicted octanol–water partition coefficient (Wildman–Crippen LogP) is 1.87. The molecule has 1 amide bonds. The van der Waals surface area contributed by atoms with E-state index < -0.39 is 0 Å². The van der Waals surface area contributed by atoms with E-state index in [4.69, 9.17) is 4.74 Å². The molecule has 3 rings (SSSR count). The van der Waals surface area contributed by atoms with Gasteiger partial charge in [-0.25, -0.2) is 0 Å². The Balaban J connectivity index is 1.54. The first-order valence-corrected chi connectivity index (χ1v) is 8.36. The highest BCUT2D eigenvalue weighted by atomic mass is 16.5. The first-order chi connectivity index (χ1) is 11.7. The molecule has 1 saturated heterocycles. The molecule has 0 saturated carbocycles. The van der Waals surface area contributed by atoms with Gasteiger partial charge in [-0.1, -0.05) is 12.1 Å². The summed E-state index contributed by atoms with van der Waals surface area (Å²) in [6.07, 6.45) is 3.49. The van der Waals surface area contributed by atoms with Gasteiger partial charge in [-0.15, -0.1) is 0 Å². The summed E-state index contributed by atoms with van der Waals surface area (Å²) in [5.41, 5.74) is 1.91. The lowest BCUT2D eigenvalue weighted by atomic mass is 10.2. The zero-order valence-corrected chi connectivity index (χ0v) is 14.3. The number of amides is 1. The molecular weight excluding hydrogens is 304 g/mol. The number of benzene rings is 1. The maximum atomic E-state index is 12.5. The maximum Gasteiger partial charge on any atom is 0.257 e. The second kappa shape index (κ2) is 7.49. The Labute approximate surface area is 142 Å². The molecule has 0 N–H and O–H groups in total. The smallest absolute Gasteiger partial charge is 0.257 e. The summed E-state index contributed by atoms with van der Waals surface area (Å²) in [7, 11) is 1.68. The van der Waals surface area contributed by atoms with E-state index in [9.17, 15) is 4.79 Å². The summed E-state index contributed by atoms with van der Waals surface area (Å²) in [6.45, 7) is 6.93. The molecule has 6 heteroatoms. The van der Waals surface area contributed by atoms with Crippen molar-refractivity contribution >= 4 is 5.91 Å². The van der Waals surface area contributed by atoms with Crippen LogP contribution in [0, 0.1) is 0 Å². The lowest BCUT2D eigenvalue weighted by molar-refractivity contribution is 0.0628. The molecule has 128 valence electrons. The number of methoxy groups -OCH3 is 1. The Kier molecular flexibility index (Phi) is 5.15. The number of ether oxygens (including phenoxy) is 1. The van der Waals surface area contributed by atoms with Gasteiger partial charge in [-0.2, -0.15) is 5.10 Å². The van der Waals surface area contributed by atoms with Crippen LogP contribution in [0.5, 0.6) is 5.75 Å². The largest absolute Gasteiger partial charge is 0.497 e. The molecule has 1 aromatic carbocycles. The van der Waals surface area contributed by atoms with Crippen molar-refractivity contribution in [1.29, 1.82) is 0 Å². The summed E-state index contributed by atoms with van der Waals surface area (Å²) in [5, 5.41) is 4.18. The Morgan fingerprint density at radius 3 is 2.71 bits per heavy atom. The standard InChI is InChI=1S/C18H24N4O2/c1-3-22-14-16(12-19-22)18(23)21-9-7-20(8-10-21)13-15-5-4-6-17(11-15)24-2/h4-6,11-12,14H,3,7-10,13H2,1-2H3. The Hall–Kier alpha value is -2.34. The molecule has 0 radical (unpaired) electrons. The molecule has 0 unspecified atom stereocenters. The summed E-state index contributed by atoms with van der Waals surface area (Å²) >= 11 is 0. The van der Waals surface area contributed by atoms with Crippen LogP contribution in [0.3, 0.4) is 0 Å². The molecule has 1 aromatic heterocycles. The highest BCUT2D eigenvalue weighted by Gasteiger charge is 2.23. The molecule has 0 atom stereocenters. The van der Waals surface area contributed by atoms with E-state index in [0.717, 1.165) is 45.0 Å². The predicted molar refractivity (Wildman–Crippen MR) is 92.1 cm³/mol. The number of hydrogen-bond acceptors (Lipinski definition) is 4. The van der Waals surface area contributed by atoms with Crippen molar-refractivity contribution in [3.05, 3.63) is 47.8 Å². The van der Waals surface area contributed by atoms with Gasteiger partial charge in [0.25, 0.3) is 5.91 Å². The van der Waals surface area contributed by atoms with Gasteiger partial charge in [0.15, 0.2) is 0 Å². The summed E-state index contributed by atoms with van der Waals surface area (Å²) in [6, 6.07) is 8.14. The van der Waals surface area contributed by atoms with E-state index in [1.54, 1.807) is 18.0 Å². The molecule has 2 heterocycles. The fraction of sp³-hybridized carbons (Fsp3) is 0.444. The van der Waals surface area contributed by atoms with Crippen molar-refractivity contribution in [2.75, 3.05) is 33.3 Å². The van der Waals surface area contributed by atoms with Gasteiger partial charge in [0.1, 0.15) is 5.75 Å². The first kappa shape index (κ1) is 16.5. The number of rotatable bonds is 5. The molecule has 0 spiro atoms. The number of carbonyl (C=O) groups excluding carboxylic acids is 1. The molecular formula is C18H24N4O2. The molecule has 1 aliphatic rings. The van der Waals surface area contributed by atoms with Crippen molar-refractivity contribution < 1.29 is 9.53 Å². The number of aryl methyl sites for hydroxylation is 1. The minimum absolute atomic E-state index is 0.0794. The first-order valence-electron chi connectivity index (χ1n) is 8.36. The van der Waals surface area contributed by atoms with Crippen LogP contribution in [0.1, 0.15) is 22.8 Å². The van der Waals surface area contributed by atoms with Gasteiger partial charge in [-0.3, -0.25) is 14.4 Å². The Morgan fingerprint density at radius 2 is 2.04 bits per heavy atom. The second-order valence-electron chi connectivity index (χ2n) is 6.00. The minimum atomic E-state index is 0.0794. The molecule has 1 aliphatic heterocycles. The zero-order valence-electron chi connectivity index (χ0n) is 14.3. The van der Waals surface area contributed by atoms with Crippen molar-refractivity contribution in [1.82, 2.24) is 19.6 Å². The van der Waals surface area contributed by atoms with Gasteiger partial charge in [0, 0.05) is 45.5 Å². The van der Waals surface area contributed by atoms with Crippen LogP contribution in [0.15, 0.2) is 36.7 Å². The Bertz CT molecular complexity index is 690. The van der Waals surface area contributed by atoms with Gasteiger partial charge < -0.3 is 9.64 Å². The molecule has 0 aliphatic carbocycles. The average Bonchev–Trinajstić information content (AvgIpc) is 3.11. The van der Waals surface area contributed by atoms with Gasteiger partial charge in [0.05, 0.1) is 18.9 Å². The van der Waals surface area contributed by atoms with Crippen LogP contribution in [-0.4, -0.2) is 58.8 Å². The van der Waals surface area contributed by atoms with E-state index in [1.807, 2.05) is 30.2 Å². The molecule has 0 bridgehead atoms. The van der Waals surface area contributed by atoms with Crippen molar-refractivity contribution in [2.24, 2.45) is 0 Å². The molecule has 1 fully saturated rings. The lowest BCUT2D eigenvalue weighted by Crippen LogP contribution is -2.48. The third-order valence-electron chi connectivity index (χ3n) is 4.40. The third kappa shape index (κ3) is 3.76. The normalized spacial score (nSPS) is 15.5. The lowest BCUT2D eigenvalue weighted by Gasteiger charge is -2.34. The number of nitrogens with zero attached hydrogens (tertiary/aromatic N) is 4. The van der Waals surface area contributed by atoms with Gasteiger partial charge >= 0.3 is 0 Å². The minimum Gasteiger partial charge on any atom is -0.497 e. The van der Waals surface area contributed by atoms with Crippen LogP contribution < -0.4 is 4.74 Å². The molecule has 2 aromatic rings. The van der Waals surface area contributed by atoms with Gasteiger partial charge in [0.2, 0.25) is 0 Å². The fourth-order valence-corrected chi connectivity index (χ4v) is 2.97. The number of piperazine rings is 1. The quantitative estimate of drug-likeness (QED) is 0.841. The highest BCUT2D eigenvalue weighted by Crippen LogP contribution is 2.16. The topological polar surface area (TPSA) is 50.6 Å². The summed E-state index contributed by atoms with van der Waals surface area (Å²) in [4.78, 5) is 16.8. The van der Waals surface area contributed by atoms with Crippen molar-refractivity contribution in [3.63, 3.8) is 0 Å². The number of aromatic nitrogens is 2. The zero-order chi connectivity index (χ0) is 16.9.